The summed E-state index contributed by atoms with van der Waals surface area (Å²) < 4.78 is 31.0. The average molecular weight is 327 g/mol. The van der Waals surface area contributed by atoms with Gasteiger partial charge in [0.25, 0.3) is 12.3 Å². The lowest BCUT2D eigenvalue weighted by Gasteiger charge is -2.20. The quantitative estimate of drug-likeness (QED) is 0.902. The van der Waals surface area contributed by atoms with Gasteiger partial charge in [0.2, 0.25) is 0 Å². The number of ether oxygens (including phenoxy) is 1. The molecule has 2 aromatic heterocycles. The van der Waals surface area contributed by atoms with Gasteiger partial charge in [0, 0.05) is 24.3 Å². The molecular weight excluding hydrogens is 312 g/mol. The fraction of sp³-hybridized carbons (Fsp3) is 0.429. The van der Waals surface area contributed by atoms with Gasteiger partial charge in [-0.3, -0.25) is 9.89 Å². The number of nitrogens with zero attached hydrogens (tertiary/aromatic N) is 1. The van der Waals surface area contributed by atoms with Crippen LogP contribution >= 0.6 is 11.3 Å². The molecule has 1 aliphatic rings. The van der Waals surface area contributed by atoms with E-state index in [0.29, 0.717) is 12.4 Å². The monoisotopic (exact) mass is 327 g/mol. The molecule has 5 nitrogen and oxygen atoms in total. The zero-order chi connectivity index (χ0) is 15.5. The lowest BCUT2D eigenvalue weighted by Crippen LogP contribution is -2.15. The number of carbonyl (C=O) groups excluding carboxylic acids is 1. The van der Waals surface area contributed by atoms with Crippen LogP contribution in [-0.2, 0) is 4.74 Å². The highest BCUT2D eigenvalue weighted by Crippen LogP contribution is 2.29. The predicted octanol–water partition coefficient (Wildman–Crippen LogP) is 3.56. The Bertz CT molecular complexity index is 650. The van der Waals surface area contributed by atoms with Crippen molar-refractivity contribution in [3.63, 3.8) is 0 Å². The van der Waals surface area contributed by atoms with E-state index in [1.165, 1.54) is 11.4 Å². The summed E-state index contributed by atoms with van der Waals surface area (Å²) in [6.45, 7) is 1.39. The van der Waals surface area contributed by atoms with Crippen LogP contribution in [-0.4, -0.2) is 29.3 Å². The number of nitrogens with one attached hydrogen (secondary N) is 2. The number of H-pyrrole nitrogens is 1. The number of aromatic amines is 1. The molecule has 0 saturated carbocycles. The SMILES string of the molecule is O=C(Nc1cc(C2CCCOC2)[nH]n1)c1ccsc1C(F)F. The van der Waals surface area contributed by atoms with Gasteiger partial charge >= 0.3 is 0 Å². The molecule has 0 spiro atoms. The van der Waals surface area contributed by atoms with Crippen LogP contribution in [0.4, 0.5) is 14.6 Å². The Labute approximate surface area is 129 Å². The van der Waals surface area contributed by atoms with Crippen molar-refractivity contribution in [3.05, 3.63) is 33.6 Å². The third-order valence-corrected chi connectivity index (χ3v) is 4.50. The van der Waals surface area contributed by atoms with E-state index in [1.807, 2.05) is 0 Å². The number of rotatable bonds is 4. The van der Waals surface area contributed by atoms with Gasteiger partial charge in [-0.25, -0.2) is 8.78 Å². The Morgan fingerprint density at radius 1 is 1.55 bits per heavy atom. The number of amides is 1. The molecule has 1 atom stereocenters. The standard InChI is InChI=1S/C14H15F2N3O2S/c15-13(16)12-9(3-5-22-12)14(20)17-11-6-10(18-19-11)8-2-1-4-21-7-8/h3,5-6,8,13H,1-2,4,7H2,(H2,17,18,19,20). The van der Waals surface area contributed by atoms with Gasteiger partial charge in [0.05, 0.1) is 17.0 Å². The van der Waals surface area contributed by atoms with Crippen molar-refractivity contribution >= 4 is 23.1 Å². The highest BCUT2D eigenvalue weighted by Gasteiger charge is 2.22. The van der Waals surface area contributed by atoms with E-state index in [-0.39, 0.29) is 16.4 Å². The minimum absolute atomic E-state index is 0.00875. The van der Waals surface area contributed by atoms with Crippen molar-refractivity contribution in [3.8, 4) is 0 Å². The van der Waals surface area contributed by atoms with Gasteiger partial charge in [-0.15, -0.1) is 11.3 Å². The predicted molar refractivity (Wildman–Crippen MR) is 78.6 cm³/mol. The Hall–Kier alpha value is -1.80. The van der Waals surface area contributed by atoms with Crippen molar-refractivity contribution in [2.45, 2.75) is 25.2 Å². The fourth-order valence-corrected chi connectivity index (χ4v) is 3.20. The van der Waals surface area contributed by atoms with E-state index < -0.39 is 12.3 Å². The zero-order valence-electron chi connectivity index (χ0n) is 11.6. The van der Waals surface area contributed by atoms with Crippen molar-refractivity contribution in [1.29, 1.82) is 0 Å². The highest BCUT2D eigenvalue weighted by atomic mass is 32.1. The number of anilines is 1. The van der Waals surface area contributed by atoms with Crippen LogP contribution in [0.3, 0.4) is 0 Å². The maximum Gasteiger partial charge on any atom is 0.273 e. The number of halogens is 2. The highest BCUT2D eigenvalue weighted by molar-refractivity contribution is 7.10. The average Bonchev–Trinajstić information content (AvgIpc) is 3.17. The van der Waals surface area contributed by atoms with Gasteiger partial charge in [0.15, 0.2) is 5.82 Å². The first-order valence-corrected chi connectivity index (χ1v) is 7.83. The summed E-state index contributed by atoms with van der Waals surface area (Å²) in [4.78, 5) is 11.8. The maximum atomic E-state index is 12.8. The molecule has 0 aliphatic carbocycles. The van der Waals surface area contributed by atoms with Crippen LogP contribution in [0.25, 0.3) is 0 Å². The molecule has 1 unspecified atom stereocenters. The summed E-state index contributed by atoms with van der Waals surface area (Å²) in [6.07, 6.45) is -0.678. The molecule has 3 rings (SSSR count). The largest absolute Gasteiger partial charge is 0.381 e. The van der Waals surface area contributed by atoms with E-state index in [0.717, 1.165) is 36.5 Å². The molecule has 3 heterocycles. The molecule has 1 aliphatic heterocycles. The van der Waals surface area contributed by atoms with Crippen LogP contribution in [0.2, 0.25) is 0 Å². The molecule has 0 bridgehead atoms. The summed E-state index contributed by atoms with van der Waals surface area (Å²) >= 11 is 0.869. The molecule has 22 heavy (non-hydrogen) atoms. The molecule has 2 N–H and O–H groups in total. The summed E-state index contributed by atoms with van der Waals surface area (Å²) in [5, 5.41) is 10.9. The minimum Gasteiger partial charge on any atom is -0.381 e. The van der Waals surface area contributed by atoms with Gasteiger partial charge in [-0.05, 0) is 24.3 Å². The summed E-state index contributed by atoms with van der Waals surface area (Å²) in [5.74, 6) is -0.0174. The molecule has 0 aromatic carbocycles. The second kappa shape index (κ2) is 6.53. The Morgan fingerprint density at radius 3 is 3.14 bits per heavy atom. The molecule has 1 fully saturated rings. The third-order valence-electron chi connectivity index (χ3n) is 3.58. The lowest BCUT2D eigenvalue weighted by molar-refractivity contribution is 0.0793. The van der Waals surface area contributed by atoms with E-state index in [2.05, 4.69) is 15.5 Å². The second-order valence-electron chi connectivity index (χ2n) is 5.08. The second-order valence-corrected chi connectivity index (χ2v) is 6.02. The van der Waals surface area contributed by atoms with Crippen LogP contribution in [0, 0.1) is 0 Å². The molecule has 8 heteroatoms. The third kappa shape index (κ3) is 3.17. The summed E-state index contributed by atoms with van der Waals surface area (Å²) in [7, 11) is 0. The molecule has 0 radical (unpaired) electrons. The van der Waals surface area contributed by atoms with E-state index in [9.17, 15) is 13.6 Å². The van der Waals surface area contributed by atoms with Crippen molar-refractivity contribution in [2.75, 3.05) is 18.5 Å². The number of aromatic nitrogens is 2. The Morgan fingerprint density at radius 2 is 2.41 bits per heavy atom. The first kappa shape index (κ1) is 15.1. The van der Waals surface area contributed by atoms with Crippen molar-refractivity contribution in [2.24, 2.45) is 0 Å². The fourth-order valence-electron chi connectivity index (χ4n) is 2.46. The minimum atomic E-state index is -2.66. The molecular formula is C14H15F2N3O2S. The lowest BCUT2D eigenvalue weighted by atomic mass is 9.99. The smallest absolute Gasteiger partial charge is 0.273 e. The number of hydrogen-bond acceptors (Lipinski definition) is 4. The number of thiophene rings is 1. The van der Waals surface area contributed by atoms with Crippen LogP contribution in [0.1, 0.15) is 46.1 Å². The van der Waals surface area contributed by atoms with E-state index >= 15 is 0 Å². The number of alkyl halides is 2. The number of hydrogen-bond donors (Lipinski definition) is 2. The van der Waals surface area contributed by atoms with Gasteiger partial charge < -0.3 is 10.1 Å². The van der Waals surface area contributed by atoms with E-state index in [1.54, 1.807) is 6.07 Å². The van der Waals surface area contributed by atoms with E-state index in [4.69, 9.17) is 4.74 Å². The summed E-state index contributed by atoms with van der Waals surface area (Å²) in [5.41, 5.74) is 0.875. The van der Waals surface area contributed by atoms with Crippen molar-refractivity contribution in [1.82, 2.24) is 10.2 Å². The van der Waals surface area contributed by atoms with Gasteiger partial charge in [-0.2, -0.15) is 5.10 Å². The van der Waals surface area contributed by atoms with Crippen LogP contribution in [0.5, 0.6) is 0 Å². The number of carbonyl (C=O) groups is 1. The van der Waals surface area contributed by atoms with Crippen LogP contribution < -0.4 is 5.32 Å². The Kier molecular flexibility index (Phi) is 4.49. The normalized spacial score (nSPS) is 18.6. The first-order chi connectivity index (χ1) is 10.6. The molecule has 1 amide bonds. The summed E-state index contributed by atoms with van der Waals surface area (Å²) in [6, 6.07) is 3.12. The topological polar surface area (TPSA) is 67.0 Å². The zero-order valence-corrected chi connectivity index (χ0v) is 12.5. The molecule has 1 saturated heterocycles. The molecule has 2 aromatic rings. The van der Waals surface area contributed by atoms with Crippen molar-refractivity contribution < 1.29 is 18.3 Å². The van der Waals surface area contributed by atoms with Crippen LogP contribution in [0.15, 0.2) is 17.5 Å². The Balaban J connectivity index is 1.69. The first-order valence-electron chi connectivity index (χ1n) is 6.95. The van der Waals surface area contributed by atoms with Gasteiger partial charge in [0.1, 0.15) is 0 Å². The maximum absolute atomic E-state index is 12.8. The van der Waals surface area contributed by atoms with Gasteiger partial charge in [-0.1, -0.05) is 0 Å². The molecule has 118 valence electrons.